The van der Waals surface area contributed by atoms with Crippen LogP contribution >= 0.6 is 11.8 Å². The Balaban J connectivity index is 1.57. The Hall–Kier alpha value is -3.85. The molecule has 188 valence electrons. The highest BCUT2D eigenvalue weighted by Crippen LogP contribution is 2.46. The lowest BCUT2D eigenvalue weighted by Crippen LogP contribution is -2.38. The van der Waals surface area contributed by atoms with Crippen molar-refractivity contribution < 1.29 is 28.5 Å². The van der Waals surface area contributed by atoms with Crippen LogP contribution in [0.1, 0.15) is 17.2 Å². The van der Waals surface area contributed by atoms with E-state index in [0.717, 1.165) is 10.5 Å². The third-order valence-corrected chi connectivity index (χ3v) is 7.16. The van der Waals surface area contributed by atoms with Crippen LogP contribution in [-0.2, 0) is 9.59 Å². The number of carbonyl (C=O) groups is 2. The highest BCUT2D eigenvalue weighted by molar-refractivity contribution is 7.99. The molecule has 0 unspecified atom stereocenters. The van der Waals surface area contributed by atoms with Crippen molar-refractivity contribution in [3.05, 3.63) is 66.2 Å². The van der Waals surface area contributed by atoms with Crippen LogP contribution in [0.25, 0.3) is 0 Å². The Morgan fingerprint density at radius 3 is 2.22 bits per heavy atom. The van der Waals surface area contributed by atoms with Gasteiger partial charge in [0.1, 0.15) is 6.54 Å². The lowest BCUT2D eigenvalue weighted by molar-refractivity contribution is -0.121. The van der Waals surface area contributed by atoms with Crippen LogP contribution in [0.3, 0.4) is 0 Å². The fourth-order valence-corrected chi connectivity index (χ4v) is 5.32. The summed E-state index contributed by atoms with van der Waals surface area (Å²) in [7, 11) is 6.25. The first-order valence-electron chi connectivity index (χ1n) is 11.3. The zero-order valence-electron chi connectivity index (χ0n) is 20.6. The minimum atomic E-state index is -0.320. The highest BCUT2D eigenvalue weighted by Gasteiger charge is 2.31. The van der Waals surface area contributed by atoms with Gasteiger partial charge >= 0.3 is 0 Å². The van der Waals surface area contributed by atoms with E-state index in [1.54, 1.807) is 56.2 Å². The van der Waals surface area contributed by atoms with Crippen LogP contribution in [0.15, 0.2) is 65.6 Å². The number of nitrogens with one attached hydrogen (secondary N) is 1. The number of amides is 2. The average Bonchev–Trinajstić information content (AvgIpc) is 3.04. The van der Waals surface area contributed by atoms with Crippen molar-refractivity contribution >= 4 is 35.0 Å². The molecule has 3 aromatic carbocycles. The Morgan fingerprint density at radius 2 is 1.53 bits per heavy atom. The fraction of sp³-hybridized carbons (Fsp3) is 0.259. The summed E-state index contributed by atoms with van der Waals surface area (Å²) < 4.78 is 21.4. The van der Waals surface area contributed by atoms with E-state index in [1.807, 2.05) is 42.5 Å². The molecule has 0 aliphatic carbocycles. The molecule has 36 heavy (non-hydrogen) atoms. The van der Waals surface area contributed by atoms with Gasteiger partial charge in [-0.3, -0.25) is 9.59 Å². The number of nitrogens with zero attached hydrogens (tertiary/aromatic N) is 1. The summed E-state index contributed by atoms with van der Waals surface area (Å²) in [5.74, 6) is 1.83. The van der Waals surface area contributed by atoms with Crippen LogP contribution < -0.4 is 29.2 Å². The van der Waals surface area contributed by atoms with Gasteiger partial charge in [-0.2, -0.15) is 0 Å². The third-order valence-electron chi connectivity index (χ3n) is 5.83. The van der Waals surface area contributed by atoms with Crippen LogP contribution in [-0.4, -0.2) is 46.8 Å². The molecule has 1 N–H and O–H groups in total. The Labute approximate surface area is 214 Å². The monoisotopic (exact) mass is 508 g/mol. The maximum Gasteiger partial charge on any atom is 0.244 e. The van der Waals surface area contributed by atoms with Crippen molar-refractivity contribution in [1.29, 1.82) is 0 Å². The molecule has 1 atom stereocenters. The SMILES string of the molecule is COc1ccc(NC(=O)CN2C(=O)C[C@H](c3ccc(OC)c(OC)c3)Sc3ccccc32)cc1OC. The summed E-state index contributed by atoms with van der Waals surface area (Å²) in [5.41, 5.74) is 2.20. The molecule has 2 amide bonds. The molecule has 3 aromatic rings. The molecule has 8 nitrogen and oxygen atoms in total. The van der Waals surface area contributed by atoms with Crippen LogP contribution in [0, 0.1) is 0 Å². The van der Waals surface area contributed by atoms with Gasteiger partial charge in [-0.05, 0) is 42.0 Å². The maximum absolute atomic E-state index is 13.5. The van der Waals surface area contributed by atoms with Crippen LogP contribution in [0.4, 0.5) is 11.4 Å². The molecular formula is C27H28N2O6S. The largest absolute Gasteiger partial charge is 0.493 e. The summed E-state index contributed by atoms with van der Waals surface area (Å²) in [6.07, 6.45) is 0.221. The Kier molecular flexibility index (Phi) is 7.90. The van der Waals surface area contributed by atoms with Gasteiger partial charge in [-0.1, -0.05) is 18.2 Å². The van der Waals surface area contributed by atoms with E-state index in [1.165, 1.54) is 7.11 Å². The van der Waals surface area contributed by atoms with Gasteiger partial charge in [0.15, 0.2) is 23.0 Å². The van der Waals surface area contributed by atoms with Crippen molar-refractivity contribution in [2.45, 2.75) is 16.6 Å². The maximum atomic E-state index is 13.5. The Bertz CT molecular complexity index is 1260. The molecule has 9 heteroatoms. The summed E-state index contributed by atoms with van der Waals surface area (Å²) in [4.78, 5) is 28.9. The number of methoxy groups -OCH3 is 4. The first-order chi connectivity index (χ1) is 17.5. The zero-order valence-corrected chi connectivity index (χ0v) is 21.4. The molecule has 4 rings (SSSR count). The smallest absolute Gasteiger partial charge is 0.244 e. The van der Waals surface area contributed by atoms with E-state index in [-0.39, 0.29) is 30.0 Å². The second-order valence-corrected chi connectivity index (χ2v) is 9.24. The van der Waals surface area contributed by atoms with Gasteiger partial charge in [0.25, 0.3) is 0 Å². The molecule has 1 heterocycles. The number of anilines is 2. The van der Waals surface area contributed by atoms with Crippen molar-refractivity contribution in [3.63, 3.8) is 0 Å². The lowest BCUT2D eigenvalue weighted by Gasteiger charge is -2.22. The van der Waals surface area contributed by atoms with Crippen LogP contribution in [0.5, 0.6) is 23.0 Å². The third kappa shape index (κ3) is 5.36. The minimum Gasteiger partial charge on any atom is -0.493 e. The van der Waals surface area contributed by atoms with E-state index in [9.17, 15) is 9.59 Å². The molecular weight excluding hydrogens is 480 g/mol. The minimum absolute atomic E-state index is 0.122. The normalized spacial score (nSPS) is 14.9. The topological polar surface area (TPSA) is 86.3 Å². The molecule has 0 fully saturated rings. The van der Waals surface area contributed by atoms with Gasteiger partial charge in [0, 0.05) is 28.3 Å². The van der Waals surface area contributed by atoms with Gasteiger partial charge in [0.2, 0.25) is 11.8 Å². The fourth-order valence-electron chi connectivity index (χ4n) is 4.05. The molecule has 1 aliphatic heterocycles. The number of ether oxygens (including phenoxy) is 4. The molecule has 0 radical (unpaired) electrons. The van der Waals surface area contributed by atoms with Crippen LogP contribution in [0.2, 0.25) is 0 Å². The average molecular weight is 509 g/mol. The van der Waals surface area contributed by atoms with Crippen molar-refractivity contribution in [1.82, 2.24) is 0 Å². The first-order valence-corrected chi connectivity index (χ1v) is 12.1. The molecule has 0 spiro atoms. The summed E-state index contributed by atoms with van der Waals surface area (Å²) >= 11 is 1.59. The number of rotatable bonds is 8. The van der Waals surface area contributed by atoms with Crippen molar-refractivity contribution in [3.8, 4) is 23.0 Å². The van der Waals surface area contributed by atoms with Gasteiger partial charge in [-0.25, -0.2) is 0 Å². The van der Waals surface area contributed by atoms with Crippen molar-refractivity contribution in [2.75, 3.05) is 45.2 Å². The molecule has 0 saturated carbocycles. The van der Waals surface area contributed by atoms with Gasteiger partial charge < -0.3 is 29.2 Å². The number of fused-ring (bicyclic) bond motifs is 1. The number of para-hydroxylation sites is 1. The first kappa shape index (κ1) is 25.2. The predicted molar refractivity (Wildman–Crippen MR) is 140 cm³/mol. The van der Waals surface area contributed by atoms with E-state index < -0.39 is 0 Å². The predicted octanol–water partition coefficient (Wildman–Crippen LogP) is 4.93. The Morgan fingerprint density at radius 1 is 0.889 bits per heavy atom. The quantitative estimate of drug-likeness (QED) is 0.462. The molecule has 0 bridgehead atoms. The summed E-state index contributed by atoms with van der Waals surface area (Å²) in [6, 6.07) is 18.4. The second-order valence-electron chi connectivity index (χ2n) is 7.99. The van der Waals surface area contributed by atoms with E-state index in [2.05, 4.69) is 5.32 Å². The van der Waals surface area contributed by atoms with E-state index in [4.69, 9.17) is 18.9 Å². The lowest BCUT2D eigenvalue weighted by atomic mass is 10.1. The molecule has 0 saturated heterocycles. The van der Waals surface area contributed by atoms with E-state index >= 15 is 0 Å². The van der Waals surface area contributed by atoms with E-state index in [0.29, 0.717) is 34.4 Å². The highest BCUT2D eigenvalue weighted by atomic mass is 32.2. The summed E-state index contributed by atoms with van der Waals surface area (Å²) in [6.45, 7) is -0.122. The summed E-state index contributed by atoms with van der Waals surface area (Å²) in [5, 5.41) is 2.70. The number of benzene rings is 3. The number of thioether (sulfide) groups is 1. The van der Waals surface area contributed by atoms with Gasteiger partial charge in [-0.15, -0.1) is 11.8 Å². The van der Waals surface area contributed by atoms with Crippen molar-refractivity contribution in [2.24, 2.45) is 0 Å². The molecule has 1 aliphatic rings. The zero-order chi connectivity index (χ0) is 25.7. The number of carbonyl (C=O) groups excluding carboxylic acids is 2. The molecule has 0 aromatic heterocycles. The standard InChI is InChI=1S/C27H28N2O6S/c1-32-20-11-9-17(13-22(20)34-3)25-15-27(31)29(19-7-5-6-8-24(19)36-25)16-26(30)28-18-10-12-21(33-2)23(14-18)35-4/h5-14,25H,15-16H2,1-4H3,(H,28,30)/t25-/m1/s1. The van der Waals surface area contributed by atoms with Gasteiger partial charge in [0.05, 0.1) is 34.1 Å². The number of hydrogen-bond donors (Lipinski definition) is 1. The second kappa shape index (κ2) is 11.3. The number of hydrogen-bond acceptors (Lipinski definition) is 7.